The molecule has 4 heteroatoms. The van der Waals surface area contributed by atoms with Crippen molar-refractivity contribution < 1.29 is 14.3 Å². The summed E-state index contributed by atoms with van der Waals surface area (Å²) in [5.41, 5.74) is 0.662. The van der Waals surface area contributed by atoms with Gasteiger partial charge in [0, 0.05) is 12.8 Å². The zero-order valence-corrected chi connectivity index (χ0v) is 9.86. The van der Waals surface area contributed by atoms with Crippen LogP contribution in [-0.4, -0.2) is 18.8 Å². The van der Waals surface area contributed by atoms with Crippen LogP contribution in [0.25, 0.3) is 0 Å². The van der Waals surface area contributed by atoms with Crippen molar-refractivity contribution in [3.63, 3.8) is 0 Å². The number of rotatable bonds is 7. The van der Waals surface area contributed by atoms with Crippen LogP contribution in [0.2, 0.25) is 0 Å². The molecule has 0 aliphatic rings. The number of carbonyl (C=O) groups is 1. The van der Waals surface area contributed by atoms with Crippen LogP contribution in [0.1, 0.15) is 26.2 Å². The van der Waals surface area contributed by atoms with Crippen molar-refractivity contribution in [1.29, 1.82) is 0 Å². The predicted molar refractivity (Wildman–Crippen MR) is 65.8 cm³/mol. The summed E-state index contributed by atoms with van der Waals surface area (Å²) >= 11 is 0. The van der Waals surface area contributed by atoms with Crippen LogP contribution in [0.4, 0.5) is 5.69 Å². The molecule has 0 spiro atoms. The Morgan fingerprint density at radius 1 is 1.41 bits per heavy atom. The number of unbranched alkanes of at least 4 members (excludes halogenated alkanes) is 1. The summed E-state index contributed by atoms with van der Waals surface area (Å²) in [7, 11) is 0. The molecule has 1 aromatic rings. The summed E-state index contributed by atoms with van der Waals surface area (Å²) in [5.74, 6) is 0.572. The van der Waals surface area contributed by atoms with Gasteiger partial charge in [-0.1, -0.05) is 19.1 Å². The first-order valence-corrected chi connectivity index (χ1v) is 5.64. The van der Waals surface area contributed by atoms with Gasteiger partial charge >= 0.3 is 0 Å². The predicted octanol–water partition coefficient (Wildman–Crippen LogP) is 2.30. The Bertz CT molecular complexity index is 377. The van der Waals surface area contributed by atoms with Gasteiger partial charge in [-0.2, -0.15) is 0 Å². The minimum Gasteiger partial charge on any atom is -0.491 e. The normalized spacial score (nSPS) is 9.71. The van der Waals surface area contributed by atoms with E-state index in [1.165, 1.54) is 0 Å². The molecule has 0 unspecified atom stereocenters. The highest BCUT2D eigenvalue weighted by Crippen LogP contribution is 2.23. The van der Waals surface area contributed by atoms with E-state index < -0.39 is 0 Å². The van der Waals surface area contributed by atoms with Gasteiger partial charge in [0.15, 0.2) is 6.29 Å². The molecule has 17 heavy (non-hydrogen) atoms. The quantitative estimate of drug-likeness (QED) is 0.736. The minimum absolute atomic E-state index is 0.0534. The van der Waals surface area contributed by atoms with Gasteiger partial charge in [0.2, 0.25) is 5.91 Å². The number of hydrogen-bond acceptors (Lipinski definition) is 3. The lowest BCUT2D eigenvalue weighted by molar-refractivity contribution is -0.115. The van der Waals surface area contributed by atoms with Crippen molar-refractivity contribution >= 4 is 17.9 Å². The second-order valence-corrected chi connectivity index (χ2v) is 3.49. The van der Waals surface area contributed by atoms with Gasteiger partial charge in [-0.05, 0) is 18.6 Å². The monoisotopic (exact) mass is 234 g/mol. The highest BCUT2D eigenvalue weighted by atomic mass is 16.5. The highest BCUT2D eigenvalue weighted by molar-refractivity contribution is 5.91. The number of para-hydroxylation sites is 2. The van der Waals surface area contributed by atoms with Gasteiger partial charge in [-0.25, -0.2) is 0 Å². The molecule has 0 saturated carbocycles. The Labute approximate surface area is 101 Å². The molecule has 0 saturated heterocycles. The number of anilines is 1. The van der Waals surface area contributed by atoms with E-state index >= 15 is 0 Å². The first-order chi connectivity index (χ1) is 8.27. The van der Waals surface area contributed by atoms with Crippen LogP contribution in [0.15, 0.2) is 24.3 Å². The zero-order chi connectivity index (χ0) is 12.5. The smallest absolute Gasteiger partial charge is 0.224 e. The Balaban J connectivity index is 2.57. The summed E-state index contributed by atoms with van der Waals surface area (Å²) in [5, 5.41) is 2.76. The maximum Gasteiger partial charge on any atom is 0.224 e. The summed E-state index contributed by atoms with van der Waals surface area (Å²) in [6.07, 6.45) is 3.22. The summed E-state index contributed by atoms with van der Waals surface area (Å²) in [6.45, 7) is 2.23. The van der Waals surface area contributed by atoms with E-state index in [0.717, 1.165) is 0 Å². The molecule has 0 aliphatic carbocycles. The number of carbonyl (C=O) groups excluding carboxylic acids is 2. The lowest BCUT2D eigenvalue weighted by Crippen LogP contribution is -2.11. The minimum atomic E-state index is -0.0534. The zero-order valence-electron chi connectivity index (χ0n) is 9.86. The molecule has 1 rings (SSSR count). The number of hydrogen-bond donors (Lipinski definition) is 1. The van der Waals surface area contributed by atoms with Crippen molar-refractivity contribution in [3.05, 3.63) is 24.3 Å². The van der Waals surface area contributed by atoms with E-state index in [4.69, 9.17) is 4.74 Å². The van der Waals surface area contributed by atoms with Crippen LogP contribution >= 0.6 is 0 Å². The fourth-order valence-electron chi connectivity index (χ4n) is 1.26. The van der Waals surface area contributed by atoms with E-state index in [0.29, 0.717) is 37.3 Å². The van der Waals surface area contributed by atoms with E-state index in [1.54, 1.807) is 19.1 Å². The molecule has 91 valence electrons. The lowest BCUT2D eigenvalue weighted by atomic mass is 10.2. The number of nitrogens with one attached hydrogen (secondary N) is 1. The molecule has 1 amide bonds. The second-order valence-electron chi connectivity index (χ2n) is 3.49. The molecule has 1 aromatic carbocycles. The van der Waals surface area contributed by atoms with Crippen LogP contribution in [0.3, 0.4) is 0 Å². The van der Waals surface area contributed by atoms with Crippen LogP contribution in [0.5, 0.6) is 5.75 Å². The lowest BCUT2D eigenvalue weighted by Gasteiger charge is -2.11. The average molecular weight is 234 g/mol. The molecule has 1 radical (unpaired) electrons. The fraction of sp³-hybridized carbons (Fsp3) is 0.385. The van der Waals surface area contributed by atoms with E-state index in [-0.39, 0.29) is 5.91 Å². The Morgan fingerprint density at radius 2 is 2.18 bits per heavy atom. The standard InChI is InChI=1S/C13H16NO3/c1-2-13(16)14-11-7-3-4-8-12(11)17-10-6-5-9-15/h3-4,7-8H,2,5-6,10H2,1H3,(H,14,16). The number of amides is 1. The molecule has 0 heterocycles. The molecule has 0 aromatic heterocycles. The largest absolute Gasteiger partial charge is 0.491 e. The van der Waals surface area contributed by atoms with Gasteiger partial charge in [-0.15, -0.1) is 0 Å². The fourth-order valence-corrected chi connectivity index (χ4v) is 1.26. The van der Waals surface area contributed by atoms with Crippen molar-refractivity contribution in [3.8, 4) is 5.75 Å². The van der Waals surface area contributed by atoms with Crippen molar-refractivity contribution in [2.45, 2.75) is 26.2 Å². The number of ether oxygens (including phenoxy) is 1. The van der Waals surface area contributed by atoms with E-state index in [1.807, 2.05) is 18.4 Å². The third-order valence-corrected chi connectivity index (χ3v) is 2.16. The first-order valence-electron chi connectivity index (χ1n) is 5.64. The van der Waals surface area contributed by atoms with E-state index in [9.17, 15) is 9.59 Å². The van der Waals surface area contributed by atoms with Crippen LogP contribution < -0.4 is 10.1 Å². The van der Waals surface area contributed by atoms with Gasteiger partial charge in [0.05, 0.1) is 12.3 Å². The maximum atomic E-state index is 11.3. The highest BCUT2D eigenvalue weighted by Gasteiger charge is 2.05. The number of benzene rings is 1. The molecule has 0 aliphatic heterocycles. The van der Waals surface area contributed by atoms with Crippen LogP contribution in [-0.2, 0) is 9.59 Å². The van der Waals surface area contributed by atoms with Crippen molar-refractivity contribution in [2.24, 2.45) is 0 Å². The Hall–Kier alpha value is -1.84. The van der Waals surface area contributed by atoms with Gasteiger partial charge in [0.25, 0.3) is 0 Å². The third kappa shape index (κ3) is 4.68. The molecule has 0 bridgehead atoms. The van der Waals surface area contributed by atoms with Crippen LogP contribution in [0, 0.1) is 0 Å². The first kappa shape index (κ1) is 13.2. The Kier molecular flexibility index (Phi) is 5.79. The maximum absolute atomic E-state index is 11.3. The summed E-state index contributed by atoms with van der Waals surface area (Å²) in [4.78, 5) is 21.3. The molecule has 0 fully saturated rings. The van der Waals surface area contributed by atoms with Crippen molar-refractivity contribution in [2.75, 3.05) is 11.9 Å². The second kappa shape index (κ2) is 7.44. The molecule has 1 N–H and O–H groups in total. The van der Waals surface area contributed by atoms with Gasteiger partial charge in [-0.3, -0.25) is 9.59 Å². The average Bonchev–Trinajstić information content (AvgIpc) is 2.36. The van der Waals surface area contributed by atoms with Gasteiger partial charge < -0.3 is 10.1 Å². The topological polar surface area (TPSA) is 55.4 Å². The third-order valence-electron chi connectivity index (χ3n) is 2.16. The molecular weight excluding hydrogens is 218 g/mol. The summed E-state index contributed by atoms with van der Waals surface area (Å²) in [6, 6.07) is 7.24. The molecule has 4 nitrogen and oxygen atoms in total. The summed E-state index contributed by atoms with van der Waals surface area (Å²) < 4.78 is 5.49. The Morgan fingerprint density at radius 3 is 2.88 bits per heavy atom. The molecule has 0 atom stereocenters. The molecular formula is C13H16NO3. The SMILES string of the molecule is CCC(=O)Nc1ccccc1OCCC[C]=O. The van der Waals surface area contributed by atoms with Crippen molar-refractivity contribution in [1.82, 2.24) is 0 Å². The van der Waals surface area contributed by atoms with E-state index in [2.05, 4.69) is 5.32 Å². The van der Waals surface area contributed by atoms with Gasteiger partial charge in [0.1, 0.15) is 5.75 Å².